The minimum atomic E-state index is -0.421. The van der Waals surface area contributed by atoms with Crippen LogP contribution < -0.4 is 0 Å². The first-order valence-corrected chi connectivity index (χ1v) is 4.83. The SMILES string of the molecule is C=CC(=O)OC1CSC(C)CO1. The van der Waals surface area contributed by atoms with Crippen LogP contribution in [0.5, 0.6) is 0 Å². The second-order valence-corrected chi connectivity index (χ2v) is 4.02. The predicted molar refractivity (Wildman–Crippen MR) is 47.9 cm³/mol. The number of esters is 1. The molecular weight excluding hydrogens is 176 g/mol. The van der Waals surface area contributed by atoms with Gasteiger partial charge in [-0.25, -0.2) is 4.79 Å². The lowest BCUT2D eigenvalue weighted by Crippen LogP contribution is -2.31. The van der Waals surface area contributed by atoms with Gasteiger partial charge in [-0.15, -0.1) is 11.8 Å². The highest BCUT2D eigenvalue weighted by Gasteiger charge is 2.21. The van der Waals surface area contributed by atoms with Gasteiger partial charge in [-0.3, -0.25) is 0 Å². The van der Waals surface area contributed by atoms with E-state index in [9.17, 15) is 4.79 Å². The molecule has 4 heteroatoms. The van der Waals surface area contributed by atoms with Gasteiger partial charge < -0.3 is 9.47 Å². The zero-order valence-corrected chi connectivity index (χ0v) is 7.80. The van der Waals surface area contributed by atoms with Gasteiger partial charge in [-0.1, -0.05) is 13.5 Å². The molecule has 0 aromatic rings. The summed E-state index contributed by atoms with van der Waals surface area (Å²) in [6.45, 7) is 6.02. The lowest BCUT2D eigenvalue weighted by molar-refractivity contribution is -0.168. The number of carbonyl (C=O) groups excluding carboxylic acids is 1. The Morgan fingerprint density at radius 3 is 3.08 bits per heavy atom. The number of hydrogen-bond acceptors (Lipinski definition) is 4. The molecule has 1 aliphatic rings. The van der Waals surface area contributed by atoms with E-state index in [0.29, 0.717) is 17.6 Å². The molecule has 0 radical (unpaired) electrons. The van der Waals surface area contributed by atoms with Gasteiger partial charge >= 0.3 is 5.97 Å². The van der Waals surface area contributed by atoms with Crippen LogP contribution in [-0.2, 0) is 14.3 Å². The average Bonchev–Trinajstić information content (AvgIpc) is 2.09. The molecular formula is C8H12O3S. The van der Waals surface area contributed by atoms with Gasteiger partial charge in [0, 0.05) is 11.3 Å². The molecule has 3 nitrogen and oxygen atoms in total. The van der Waals surface area contributed by atoms with E-state index in [4.69, 9.17) is 9.47 Å². The summed E-state index contributed by atoms with van der Waals surface area (Å²) in [7, 11) is 0. The van der Waals surface area contributed by atoms with E-state index in [0.717, 1.165) is 6.08 Å². The van der Waals surface area contributed by atoms with Gasteiger partial charge in [0.25, 0.3) is 0 Å². The van der Waals surface area contributed by atoms with Crippen molar-refractivity contribution < 1.29 is 14.3 Å². The molecule has 0 aromatic heterocycles. The van der Waals surface area contributed by atoms with Crippen molar-refractivity contribution in [1.29, 1.82) is 0 Å². The largest absolute Gasteiger partial charge is 0.432 e. The quantitative estimate of drug-likeness (QED) is 0.482. The minimum absolute atomic E-state index is 0.392. The van der Waals surface area contributed by atoms with Gasteiger partial charge in [0.15, 0.2) is 0 Å². The van der Waals surface area contributed by atoms with Crippen molar-refractivity contribution in [3.8, 4) is 0 Å². The van der Waals surface area contributed by atoms with E-state index in [1.165, 1.54) is 0 Å². The van der Waals surface area contributed by atoms with Crippen molar-refractivity contribution in [2.24, 2.45) is 0 Å². The van der Waals surface area contributed by atoms with Gasteiger partial charge in [0.2, 0.25) is 6.29 Å². The molecule has 0 N–H and O–H groups in total. The predicted octanol–water partition coefficient (Wildman–Crippen LogP) is 1.19. The maximum atomic E-state index is 10.7. The Kier molecular flexibility index (Phi) is 3.62. The second-order valence-electron chi connectivity index (χ2n) is 2.55. The topological polar surface area (TPSA) is 35.5 Å². The van der Waals surface area contributed by atoms with Crippen molar-refractivity contribution >= 4 is 17.7 Å². The van der Waals surface area contributed by atoms with Crippen LogP contribution in [0.25, 0.3) is 0 Å². The highest BCUT2D eigenvalue weighted by atomic mass is 32.2. The van der Waals surface area contributed by atoms with Crippen LogP contribution in [0.4, 0.5) is 0 Å². The number of rotatable bonds is 2. The van der Waals surface area contributed by atoms with E-state index in [2.05, 4.69) is 13.5 Å². The molecule has 1 fully saturated rings. The zero-order chi connectivity index (χ0) is 8.97. The summed E-state index contributed by atoms with van der Waals surface area (Å²) < 4.78 is 10.1. The smallest absolute Gasteiger partial charge is 0.332 e. The summed E-state index contributed by atoms with van der Waals surface area (Å²) in [4.78, 5) is 10.7. The van der Waals surface area contributed by atoms with E-state index in [1.807, 2.05) is 0 Å². The van der Waals surface area contributed by atoms with Crippen LogP contribution in [0.1, 0.15) is 6.92 Å². The van der Waals surface area contributed by atoms with Gasteiger partial charge in [0.05, 0.1) is 12.4 Å². The van der Waals surface area contributed by atoms with Gasteiger partial charge in [-0.2, -0.15) is 0 Å². The molecule has 0 bridgehead atoms. The molecule has 68 valence electrons. The van der Waals surface area contributed by atoms with E-state index in [-0.39, 0.29) is 0 Å². The molecule has 1 heterocycles. The Morgan fingerprint density at radius 1 is 1.83 bits per heavy atom. The summed E-state index contributed by atoms with van der Waals surface area (Å²) in [5, 5.41) is 0.490. The number of hydrogen-bond donors (Lipinski definition) is 0. The van der Waals surface area contributed by atoms with Crippen molar-refractivity contribution in [3.05, 3.63) is 12.7 Å². The molecule has 0 saturated carbocycles. The molecule has 0 aliphatic carbocycles. The number of ether oxygens (including phenoxy) is 2. The van der Waals surface area contributed by atoms with Crippen LogP contribution in [0, 0.1) is 0 Å². The zero-order valence-electron chi connectivity index (χ0n) is 6.99. The summed E-state index contributed by atoms with van der Waals surface area (Å²) in [5.41, 5.74) is 0. The highest BCUT2D eigenvalue weighted by molar-refractivity contribution is 7.99. The lowest BCUT2D eigenvalue weighted by Gasteiger charge is -2.25. The van der Waals surface area contributed by atoms with E-state index >= 15 is 0 Å². The Balaban J connectivity index is 2.26. The fourth-order valence-corrected chi connectivity index (χ4v) is 1.65. The highest BCUT2D eigenvalue weighted by Crippen LogP contribution is 2.20. The van der Waals surface area contributed by atoms with Crippen molar-refractivity contribution in [2.75, 3.05) is 12.4 Å². The molecule has 2 unspecified atom stereocenters. The Morgan fingerprint density at radius 2 is 2.58 bits per heavy atom. The number of thioether (sulfide) groups is 1. The molecule has 0 aromatic carbocycles. The van der Waals surface area contributed by atoms with Crippen molar-refractivity contribution in [3.63, 3.8) is 0 Å². The second kappa shape index (κ2) is 4.52. The van der Waals surface area contributed by atoms with Gasteiger partial charge in [-0.05, 0) is 0 Å². The first-order valence-electron chi connectivity index (χ1n) is 3.78. The first-order chi connectivity index (χ1) is 5.72. The monoisotopic (exact) mass is 188 g/mol. The molecule has 0 amide bonds. The van der Waals surface area contributed by atoms with Crippen molar-refractivity contribution in [2.45, 2.75) is 18.5 Å². The fourth-order valence-electron chi connectivity index (χ4n) is 0.828. The third kappa shape index (κ3) is 2.87. The van der Waals surface area contributed by atoms with Crippen LogP contribution in [0.15, 0.2) is 12.7 Å². The Labute approximate surface area is 76.1 Å². The first kappa shape index (κ1) is 9.61. The van der Waals surface area contributed by atoms with Crippen LogP contribution in [0.2, 0.25) is 0 Å². The average molecular weight is 188 g/mol. The normalized spacial score (nSPS) is 29.4. The third-order valence-corrected chi connectivity index (χ3v) is 2.62. The summed E-state index contributed by atoms with van der Waals surface area (Å²) >= 11 is 1.74. The van der Waals surface area contributed by atoms with Crippen LogP contribution in [0.3, 0.4) is 0 Å². The molecule has 12 heavy (non-hydrogen) atoms. The van der Waals surface area contributed by atoms with Crippen molar-refractivity contribution in [1.82, 2.24) is 0 Å². The van der Waals surface area contributed by atoms with Crippen LogP contribution in [-0.4, -0.2) is 29.9 Å². The standard InChI is InChI=1S/C8H12O3S/c1-3-7(9)11-8-5-12-6(2)4-10-8/h3,6,8H,1,4-5H2,2H3. The van der Waals surface area contributed by atoms with E-state index in [1.54, 1.807) is 11.8 Å². The van der Waals surface area contributed by atoms with E-state index < -0.39 is 12.3 Å². The summed E-state index contributed by atoms with van der Waals surface area (Å²) in [5.74, 6) is 0.288. The third-order valence-electron chi connectivity index (χ3n) is 1.45. The molecule has 0 spiro atoms. The molecule has 2 atom stereocenters. The lowest BCUT2D eigenvalue weighted by atomic mass is 10.5. The fraction of sp³-hybridized carbons (Fsp3) is 0.625. The molecule has 1 rings (SSSR count). The molecule has 1 saturated heterocycles. The number of carbonyl (C=O) groups is 1. The Hall–Kier alpha value is -0.480. The minimum Gasteiger partial charge on any atom is -0.432 e. The summed E-state index contributed by atoms with van der Waals surface area (Å²) in [6.07, 6.45) is 0.753. The van der Waals surface area contributed by atoms with Crippen LogP contribution >= 0.6 is 11.8 Å². The maximum absolute atomic E-state index is 10.7. The Bertz CT molecular complexity index is 173. The molecule has 1 aliphatic heterocycles. The van der Waals surface area contributed by atoms with Gasteiger partial charge in [0.1, 0.15) is 0 Å². The summed E-state index contributed by atoms with van der Waals surface area (Å²) in [6, 6.07) is 0. The maximum Gasteiger partial charge on any atom is 0.332 e.